The van der Waals surface area contributed by atoms with Gasteiger partial charge in [0.15, 0.2) is 0 Å². The van der Waals surface area contributed by atoms with E-state index in [1.165, 1.54) is 30.4 Å². The highest BCUT2D eigenvalue weighted by atomic mass is 16.3. The zero-order valence-electron chi connectivity index (χ0n) is 11.4. The van der Waals surface area contributed by atoms with E-state index >= 15 is 0 Å². The molecule has 0 spiro atoms. The molecule has 0 bridgehead atoms. The van der Waals surface area contributed by atoms with Crippen LogP contribution >= 0.6 is 0 Å². The van der Waals surface area contributed by atoms with Crippen LogP contribution in [0.1, 0.15) is 56.2 Å². The monoisotopic (exact) mass is 247 g/mol. The van der Waals surface area contributed by atoms with Gasteiger partial charge < -0.3 is 10.4 Å². The summed E-state index contributed by atoms with van der Waals surface area (Å²) in [6.07, 6.45) is 6.64. The van der Waals surface area contributed by atoms with Crippen molar-refractivity contribution in [2.45, 2.75) is 57.6 Å². The van der Waals surface area contributed by atoms with Gasteiger partial charge in [-0.3, -0.25) is 0 Å². The molecule has 2 rings (SSSR count). The van der Waals surface area contributed by atoms with Gasteiger partial charge in [-0.15, -0.1) is 0 Å². The number of hydrogen-bond donors (Lipinski definition) is 2. The third-order valence-electron chi connectivity index (χ3n) is 3.89. The van der Waals surface area contributed by atoms with E-state index in [0.29, 0.717) is 0 Å². The largest absolute Gasteiger partial charge is 0.391 e. The summed E-state index contributed by atoms with van der Waals surface area (Å²) < 4.78 is 0. The van der Waals surface area contributed by atoms with Crippen molar-refractivity contribution in [2.24, 2.45) is 0 Å². The van der Waals surface area contributed by atoms with Gasteiger partial charge in [-0.25, -0.2) is 0 Å². The molecule has 0 radical (unpaired) electrons. The van der Waals surface area contributed by atoms with Crippen LogP contribution < -0.4 is 5.32 Å². The first-order valence-corrected chi connectivity index (χ1v) is 7.32. The Hall–Kier alpha value is -0.860. The molecule has 0 aliphatic carbocycles. The molecule has 1 aromatic carbocycles. The summed E-state index contributed by atoms with van der Waals surface area (Å²) in [6.45, 7) is 3.20. The van der Waals surface area contributed by atoms with E-state index in [0.717, 1.165) is 25.8 Å². The number of aliphatic hydroxyl groups is 1. The Morgan fingerprint density at radius 2 is 2.11 bits per heavy atom. The van der Waals surface area contributed by atoms with E-state index in [-0.39, 0.29) is 12.1 Å². The van der Waals surface area contributed by atoms with Crippen LogP contribution in [-0.4, -0.2) is 17.8 Å². The molecule has 1 heterocycles. The minimum atomic E-state index is -0.247. The van der Waals surface area contributed by atoms with E-state index < -0.39 is 0 Å². The second-order valence-corrected chi connectivity index (χ2v) is 5.30. The van der Waals surface area contributed by atoms with Crippen LogP contribution in [0.5, 0.6) is 0 Å². The fraction of sp³-hybridized carbons (Fsp3) is 0.625. The molecular weight excluding hydrogens is 222 g/mol. The van der Waals surface area contributed by atoms with Crippen molar-refractivity contribution < 1.29 is 5.11 Å². The molecule has 0 saturated heterocycles. The molecule has 2 nitrogen and oxygen atoms in total. The first-order valence-electron chi connectivity index (χ1n) is 7.32. The summed E-state index contributed by atoms with van der Waals surface area (Å²) in [7, 11) is 0. The van der Waals surface area contributed by atoms with E-state index in [2.05, 4.69) is 36.5 Å². The minimum absolute atomic E-state index is 0.136. The van der Waals surface area contributed by atoms with E-state index in [1.54, 1.807) is 0 Å². The summed E-state index contributed by atoms with van der Waals surface area (Å²) in [4.78, 5) is 0. The lowest BCUT2D eigenvalue weighted by atomic mass is 9.89. The number of unbranched alkanes of at least 4 members (excludes halogenated alkanes) is 3. The van der Waals surface area contributed by atoms with Gasteiger partial charge in [-0.1, -0.05) is 56.9 Å². The number of nitrogens with one attached hydrogen (secondary N) is 1. The van der Waals surface area contributed by atoms with E-state index in [4.69, 9.17) is 0 Å². The number of fused-ring (bicyclic) bond motifs is 1. The third-order valence-corrected chi connectivity index (χ3v) is 3.89. The van der Waals surface area contributed by atoms with Gasteiger partial charge >= 0.3 is 0 Å². The summed E-state index contributed by atoms with van der Waals surface area (Å²) in [6, 6.07) is 8.64. The summed E-state index contributed by atoms with van der Waals surface area (Å²) in [5.41, 5.74) is 2.69. The van der Waals surface area contributed by atoms with E-state index in [1.807, 2.05) is 0 Å². The highest BCUT2D eigenvalue weighted by molar-refractivity contribution is 5.33. The van der Waals surface area contributed by atoms with Crippen LogP contribution in [0.3, 0.4) is 0 Å². The van der Waals surface area contributed by atoms with Gasteiger partial charge in [0.25, 0.3) is 0 Å². The van der Waals surface area contributed by atoms with Crippen LogP contribution in [0.4, 0.5) is 0 Å². The lowest BCUT2D eigenvalue weighted by Crippen LogP contribution is -2.37. The fourth-order valence-corrected chi connectivity index (χ4v) is 2.83. The van der Waals surface area contributed by atoms with Crippen LogP contribution in [0, 0.1) is 0 Å². The first kappa shape index (κ1) is 13.6. The molecule has 2 unspecified atom stereocenters. The van der Waals surface area contributed by atoms with Crippen molar-refractivity contribution in [1.29, 1.82) is 0 Å². The van der Waals surface area contributed by atoms with Crippen molar-refractivity contribution in [3.8, 4) is 0 Å². The molecule has 1 aliphatic heterocycles. The number of benzene rings is 1. The smallest absolute Gasteiger partial charge is 0.0735 e. The molecular formula is C16H25NO. The molecule has 0 amide bonds. The Morgan fingerprint density at radius 3 is 2.94 bits per heavy atom. The molecule has 0 aromatic heterocycles. The average molecular weight is 247 g/mol. The van der Waals surface area contributed by atoms with Gasteiger partial charge in [0.05, 0.1) is 12.1 Å². The number of aliphatic hydroxyl groups excluding tert-OH is 1. The van der Waals surface area contributed by atoms with Gasteiger partial charge in [0.2, 0.25) is 0 Å². The second kappa shape index (κ2) is 6.91. The Bertz CT molecular complexity index is 364. The van der Waals surface area contributed by atoms with Crippen LogP contribution in [-0.2, 0) is 6.42 Å². The summed E-state index contributed by atoms with van der Waals surface area (Å²) >= 11 is 0. The van der Waals surface area contributed by atoms with Crippen molar-refractivity contribution in [1.82, 2.24) is 5.32 Å². The number of hydrogen-bond acceptors (Lipinski definition) is 2. The molecule has 100 valence electrons. The second-order valence-electron chi connectivity index (χ2n) is 5.30. The third kappa shape index (κ3) is 3.33. The van der Waals surface area contributed by atoms with Crippen molar-refractivity contribution >= 4 is 0 Å². The van der Waals surface area contributed by atoms with Crippen LogP contribution in [0.15, 0.2) is 24.3 Å². The van der Waals surface area contributed by atoms with Gasteiger partial charge in [0, 0.05) is 0 Å². The van der Waals surface area contributed by atoms with Gasteiger partial charge in [-0.2, -0.15) is 0 Å². The zero-order valence-corrected chi connectivity index (χ0v) is 11.4. The van der Waals surface area contributed by atoms with Crippen molar-refractivity contribution in [2.75, 3.05) is 6.54 Å². The molecule has 2 N–H and O–H groups in total. The van der Waals surface area contributed by atoms with Crippen LogP contribution in [0.2, 0.25) is 0 Å². The highest BCUT2D eigenvalue weighted by Crippen LogP contribution is 2.27. The van der Waals surface area contributed by atoms with E-state index in [9.17, 15) is 5.11 Å². The predicted octanol–water partition coefficient (Wildman–Crippen LogP) is 3.20. The average Bonchev–Trinajstić information content (AvgIpc) is 2.43. The topological polar surface area (TPSA) is 32.3 Å². The fourth-order valence-electron chi connectivity index (χ4n) is 2.83. The molecule has 1 aromatic rings. The zero-order chi connectivity index (χ0) is 12.8. The van der Waals surface area contributed by atoms with Crippen LogP contribution in [0.25, 0.3) is 0 Å². The lowest BCUT2D eigenvalue weighted by molar-refractivity contribution is 0.112. The lowest BCUT2D eigenvalue weighted by Gasteiger charge is -2.30. The Balaban J connectivity index is 1.93. The highest BCUT2D eigenvalue weighted by Gasteiger charge is 2.25. The standard InChI is InChI=1S/C16H25NO/c1-2-3-4-5-10-15(18)16-14-9-7-6-8-13(14)11-12-17-16/h6-9,15-18H,2-5,10-12H2,1H3. The Labute approximate surface area is 110 Å². The van der Waals surface area contributed by atoms with Crippen molar-refractivity contribution in [3.63, 3.8) is 0 Å². The quantitative estimate of drug-likeness (QED) is 0.757. The maximum absolute atomic E-state index is 10.4. The molecule has 2 atom stereocenters. The molecule has 2 heteroatoms. The number of rotatable bonds is 6. The molecule has 0 fully saturated rings. The first-order chi connectivity index (χ1) is 8.83. The molecule has 0 saturated carbocycles. The normalized spacial score (nSPS) is 20.4. The minimum Gasteiger partial charge on any atom is -0.391 e. The molecule has 18 heavy (non-hydrogen) atoms. The summed E-state index contributed by atoms with van der Waals surface area (Å²) in [5, 5.41) is 13.8. The predicted molar refractivity (Wildman–Crippen MR) is 75.7 cm³/mol. The van der Waals surface area contributed by atoms with Gasteiger partial charge in [0.1, 0.15) is 0 Å². The maximum Gasteiger partial charge on any atom is 0.0735 e. The Kier molecular flexibility index (Phi) is 5.21. The Morgan fingerprint density at radius 1 is 1.28 bits per heavy atom. The van der Waals surface area contributed by atoms with Crippen molar-refractivity contribution in [3.05, 3.63) is 35.4 Å². The summed E-state index contributed by atoms with van der Waals surface area (Å²) in [5.74, 6) is 0. The van der Waals surface area contributed by atoms with Gasteiger partial charge in [-0.05, 0) is 30.5 Å². The molecule has 1 aliphatic rings. The maximum atomic E-state index is 10.4. The SMILES string of the molecule is CCCCCCC(O)C1NCCc2ccccc21.